The number of halogens is 3. The Morgan fingerprint density at radius 2 is 1.70 bits per heavy atom. The number of imidazole rings is 1. The summed E-state index contributed by atoms with van der Waals surface area (Å²) in [6.45, 7) is 5.90. The van der Waals surface area contributed by atoms with E-state index in [1.807, 2.05) is 40.9 Å². The van der Waals surface area contributed by atoms with Crippen molar-refractivity contribution in [1.29, 1.82) is 0 Å². The minimum absolute atomic E-state index is 0.201. The highest BCUT2D eigenvalue weighted by molar-refractivity contribution is 6.07. The Morgan fingerprint density at radius 3 is 2.46 bits per heavy atom. The summed E-state index contributed by atoms with van der Waals surface area (Å²) < 4.78 is 49.2. The molecule has 3 N–H and O–H groups in total. The smallest absolute Gasteiger partial charge is 0.259 e. The number of benzene rings is 3. The monoisotopic (exact) mass is 777 g/mol. The van der Waals surface area contributed by atoms with Crippen LogP contribution in [0.2, 0.25) is 0 Å². The van der Waals surface area contributed by atoms with Crippen molar-refractivity contribution in [2.45, 2.75) is 18.9 Å². The first kappa shape index (κ1) is 37.7. The Labute approximate surface area is 327 Å². The molecule has 1 amide bonds. The van der Waals surface area contributed by atoms with Gasteiger partial charge in [0.1, 0.15) is 41.1 Å². The maximum atomic E-state index is 14.4. The van der Waals surface area contributed by atoms with Crippen molar-refractivity contribution < 1.29 is 27.8 Å². The molecule has 0 saturated carbocycles. The van der Waals surface area contributed by atoms with Crippen molar-refractivity contribution in [2.75, 3.05) is 75.1 Å². The topological polar surface area (TPSA) is 123 Å². The number of ether oxygens (including phenoxy) is 1. The zero-order valence-electron chi connectivity index (χ0n) is 31.3. The number of phenolic OH excluding ortho intramolecular Hbond substituents is 1. The second kappa shape index (κ2) is 16.5. The highest BCUT2D eigenvalue weighted by atomic mass is 19.1. The number of anilines is 4. The Hall–Kier alpha value is -6.19. The summed E-state index contributed by atoms with van der Waals surface area (Å²) in [5, 5.41) is 16.2. The summed E-state index contributed by atoms with van der Waals surface area (Å²) >= 11 is 0. The zero-order valence-corrected chi connectivity index (χ0v) is 31.3. The fourth-order valence-electron chi connectivity index (χ4n) is 7.72. The number of para-hydroxylation sites is 1. The van der Waals surface area contributed by atoms with Gasteiger partial charge >= 0.3 is 0 Å². The molecule has 3 aromatic heterocycles. The van der Waals surface area contributed by atoms with Crippen molar-refractivity contribution in [3.63, 3.8) is 0 Å². The lowest BCUT2D eigenvalue weighted by Crippen LogP contribution is -2.53. The number of amides is 1. The van der Waals surface area contributed by atoms with Crippen LogP contribution in [0.25, 0.3) is 28.3 Å². The molecule has 2 saturated heterocycles. The molecule has 0 radical (unpaired) electrons. The van der Waals surface area contributed by atoms with E-state index >= 15 is 0 Å². The SMILES string of the molecule is COc1cc(N2CCC(N3CCN(CCF)CC3)CC2)ccc1Nc1nccc(-c2c(-c3ccc(O)c(C(=O)Nc4c(F)cccc4F)c3)nc3ccccn23)n1. The van der Waals surface area contributed by atoms with Crippen LogP contribution in [-0.2, 0) is 0 Å². The van der Waals surface area contributed by atoms with Gasteiger partial charge in [-0.3, -0.25) is 19.0 Å². The predicted octanol–water partition coefficient (Wildman–Crippen LogP) is 7.00. The van der Waals surface area contributed by atoms with Gasteiger partial charge in [-0.05, 0) is 73.5 Å². The molecule has 0 spiro atoms. The molecule has 294 valence electrons. The number of nitrogens with zero attached hydrogens (tertiary/aromatic N) is 7. The van der Waals surface area contributed by atoms with E-state index in [1.165, 1.54) is 18.2 Å². The van der Waals surface area contributed by atoms with Crippen LogP contribution >= 0.6 is 0 Å². The number of piperazine rings is 1. The molecule has 2 aliphatic rings. The number of rotatable bonds is 11. The van der Waals surface area contributed by atoms with Gasteiger partial charge in [0.15, 0.2) is 0 Å². The highest BCUT2D eigenvalue weighted by Crippen LogP contribution is 2.37. The minimum atomic E-state index is -0.947. The van der Waals surface area contributed by atoms with E-state index in [2.05, 4.69) is 36.4 Å². The van der Waals surface area contributed by atoms with Crippen molar-refractivity contribution in [2.24, 2.45) is 0 Å². The predicted molar refractivity (Wildman–Crippen MR) is 213 cm³/mol. The first-order chi connectivity index (χ1) is 27.8. The third-order valence-corrected chi connectivity index (χ3v) is 10.7. The van der Waals surface area contributed by atoms with E-state index in [0.29, 0.717) is 58.3 Å². The zero-order chi connectivity index (χ0) is 39.5. The third kappa shape index (κ3) is 7.93. The average molecular weight is 778 g/mol. The van der Waals surface area contributed by atoms with Crippen LogP contribution in [0.1, 0.15) is 23.2 Å². The number of fused-ring (bicyclic) bond motifs is 1. The Kier molecular flexibility index (Phi) is 10.9. The number of phenols is 1. The molecule has 15 heteroatoms. The van der Waals surface area contributed by atoms with E-state index in [4.69, 9.17) is 14.7 Å². The van der Waals surface area contributed by atoms with E-state index in [0.717, 1.165) is 69.9 Å². The number of methoxy groups -OCH3 is 1. The van der Waals surface area contributed by atoms with Crippen LogP contribution in [0, 0.1) is 11.6 Å². The van der Waals surface area contributed by atoms with Crippen LogP contribution in [0.4, 0.5) is 36.2 Å². The average Bonchev–Trinajstić information content (AvgIpc) is 3.63. The fourth-order valence-corrected chi connectivity index (χ4v) is 7.72. The summed E-state index contributed by atoms with van der Waals surface area (Å²) in [5.74, 6) is -2.23. The molecule has 2 aliphatic heterocycles. The standard InChI is InChI=1S/C42H42F3N9O3/c1-57-36-26-29(52-18-13-28(14-19-52)53-23-21-51(20-15-43)22-24-53)9-10-33(36)47-42-46-16-12-34(48-42)40-38(49-37-7-2-3-17-54(37)40)27-8-11-35(55)30(25-27)41(56)50-39-31(44)5-4-6-32(39)45/h2-12,16-17,25-26,28,55H,13-15,18-24H2,1H3,(H,50,56)(H,46,47,48). The van der Waals surface area contributed by atoms with E-state index in [-0.39, 0.29) is 18.0 Å². The number of nitrogens with one attached hydrogen (secondary N) is 2. The van der Waals surface area contributed by atoms with Gasteiger partial charge < -0.3 is 25.4 Å². The lowest BCUT2D eigenvalue weighted by molar-refractivity contribution is 0.0816. The molecule has 0 aliphatic carbocycles. The van der Waals surface area contributed by atoms with Gasteiger partial charge in [-0.25, -0.2) is 28.1 Å². The molecule has 8 rings (SSSR count). The van der Waals surface area contributed by atoms with E-state index in [1.54, 1.807) is 25.4 Å². The van der Waals surface area contributed by atoms with Gasteiger partial charge in [-0.2, -0.15) is 0 Å². The second-order valence-corrected chi connectivity index (χ2v) is 14.1. The van der Waals surface area contributed by atoms with Gasteiger partial charge in [-0.1, -0.05) is 12.1 Å². The molecule has 0 bridgehead atoms. The first-order valence-electron chi connectivity index (χ1n) is 18.9. The fraction of sp³-hybridized carbons (Fsp3) is 0.286. The third-order valence-electron chi connectivity index (χ3n) is 10.7. The maximum absolute atomic E-state index is 14.4. The van der Waals surface area contributed by atoms with Crippen LogP contribution < -0.4 is 20.3 Å². The van der Waals surface area contributed by atoms with Crippen LogP contribution in [0.3, 0.4) is 0 Å². The Morgan fingerprint density at radius 1 is 0.912 bits per heavy atom. The number of pyridine rings is 1. The highest BCUT2D eigenvalue weighted by Gasteiger charge is 2.28. The normalized spacial score (nSPS) is 15.5. The number of carbonyl (C=O) groups is 1. The van der Waals surface area contributed by atoms with Gasteiger partial charge in [-0.15, -0.1) is 0 Å². The molecule has 0 atom stereocenters. The van der Waals surface area contributed by atoms with Crippen molar-refractivity contribution in [3.05, 3.63) is 108 Å². The molecule has 57 heavy (non-hydrogen) atoms. The number of aromatic nitrogens is 4. The number of hydrogen-bond acceptors (Lipinski definition) is 10. The molecule has 6 aromatic rings. The molecular weight excluding hydrogens is 736 g/mol. The van der Waals surface area contributed by atoms with Crippen LogP contribution in [0.5, 0.6) is 11.5 Å². The maximum Gasteiger partial charge on any atom is 0.259 e. The Bertz CT molecular complexity index is 2370. The second-order valence-electron chi connectivity index (χ2n) is 14.1. The lowest BCUT2D eigenvalue weighted by Gasteiger charge is -2.43. The van der Waals surface area contributed by atoms with Crippen molar-refractivity contribution in [3.8, 4) is 34.1 Å². The number of aromatic hydroxyl groups is 1. The summed E-state index contributed by atoms with van der Waals surface area (Å²) in [6, 6.07) is 21.4. The molecule has 0 unspecified atom stereocenters. The number of alkyl halides is 1. The minimum Gasteiger partial charge on any atom is -0.507 e. The number of hydrogen-bond donors (Lipinski definition) is 3. The van der Waals surface area contributed by atoms with E-state index < -0.39 is 23.2 Å². The van der Waals surface area contributed by atoms with E-state index in [9.17, 15) is 23.1 Å². The first-order valence-corrected chi connectivity index (χ1v) is 18.9. The van der Waals surface area contributed by atoms with Gasteiger partial charge in [0, 0.05) is 81.6 Å². The summed E-state index contributed by atoms with van der Waals surface area (Å²) in [7, 11) is 1.63. The van der Waals surface area contributed by atoms with Gasteiger partial charge in [0.2, 0.25) is 5.95 Å². The quantitative estimate of drug-likeness (QED) is 0.127. The molecular formula is C42H42F3N9O3. The number of piperidine rings is 1. The summed E-state index contributed by atoms with van der Waals surface area (Å²) in [6.07, 6.45) is 5.58. The van der Waals surface area contributed by atoms with Crippen LogP contribution in [0.15, 0.2) is 91.3 Å². The summed E-state index contributed by atoms with van der Waals surface area (Å²) in [4.78, 5) is 34.6. The lowest BCUT2D eigenvalue weighted by atomic mass is 10.0. The summed E-state index contributed by atoms with van der Waals surface area (Å²) in [5.41, 5.74) is 3.52. The number of carbonyl (C=O) groups excluding carboxylic acids is 1. The Balaban J connectivity index is 1.02. The molecule has 3 aromatic carbocycles. The van der Waals surface area contributed by atoms with Gasteiger partial charge in [0.05, 0.1) is 35.4 Å². The van der Waals surface area contributed by atoms with Crippen molar-refractivity contribution in [1.82, 2.24) is 29.2 Å². The molecule has 5 heterocycles. The van der Waals surface area contributed by atoms with Gasteiger partial charge in [0.25, 0.3) is 5.91 Å². The molecule has 12 nitrogen and oxygen atoms in total. The van der Waals surface area contributed by atoms with Crippen LogP contribution in [-0.4, -0.2) is 106 Å². The molecule has 2 fully saturated rings. The largest absolute Gasteiger partial charge is 0.507 e. The van der Waals surface area contributed by atoms with Crippen molar-refractivity contribution >= 4 is 34.6 Å².